The number of halogens is 2. The Bertz CT molecular complexity index is 793. The second-order valence-electron chi connectivity index (χ2n) is 6.58. The van der Waals surface area contributed by atoms with Gasteiger partial charge in [0.2, 0.25) is 0 Å². The van der Waals surface area contributed by atoms with Gasteiger partial charge in [0.05, 0.1) is 10.6 Å². The fourth-order valence-electron chi connectivity index (χ4n) is 3.32. The van der Waals surface area contributed by atoms with Crippen LogP contribution in [0.15, 0.2) is 42.5 Å². The number of ether oxygens (including phenoxy) is 1. The summed E-state index contributed by atoms with van der Waals surface area (Å²) < 4.78 is 5.10. The van der Waals surface area contributed by atoms with Crippen LogP contribution in [0.2, 0.25) is 10.0 Å². The van der Waals surface area contributed by atoms with E-state index in [2.05, 4.69) is 0 Å². The molecule has 2 aromatic rings. The number of ketones is 1. The second kappa shape index (κ2) is 8.70. The average molecular weight is 391 g/mol. The van der Waals surface area contributed by atoms with Crippen molar-refractivity contribution in [2.45, 2.75) is 38.0 Å². The molecule has 5 heteroatoms. The molecule has 0 unspecified atom stereocenters. The van der Waals surface area contributed by atoms with Crippen molar-refractivity contribution in [3.8, 4) is 0 Å². The first-order valence-corrected chi connectivity index (χ1v) is 9.55. The van der Waals surface area contributed by atoms with Crippen LogP contribution in [-0.2, 0) is 4.74 Å². The van der Waals surface area contributed by atoms with Gasteiger partial charge in [-0.3, -0.25) is 4.79 Å². The molecule has 0 heterocycles. The van der Waals surface area contributed by atoms with Crippen LogP contribution < -0.4 is 0 Å². The van der Waals surface area contributed by atoms with E-state index in [1.54, 1.807) is 6.07 Å². The predicted molar refractivity (Wildman–Crippen MR) is 103 cm³/mol. The minimum atomic E-state index is -0.662. The van der Waals surface area contributed by atoms with Crippen molar-refractivity contribution in [1.82, 2.24) is 0 Å². The molecular formula is C21H20Cl2O3. The number of benzene rings is 2. The summed E-state index contributed by atoms with van der Waals surface area (Å²) in [7, 11) is 0. The minimum absolute atomic E-state index is 0.152. The van der Waals surface area contributed by atoms with Crippen LogP contribution in [0.5, 0.6) is 0 Å². The van der Waals surface area contributed by atoms with Crippen LogP contribution in [0.25, 0.3) is 0 Å². The molecule has 0 aromatic heterocycles. The second-order valence-corrected chi connectivity index (χ2v) is 7.42. The maximum absolute atomic E-state index is 12.3. The number of hydrogen-bond donors (Lipinski definition) is 0. The van der Waals surface area contributed by atoms with E-state index in [0.29, 0.717) is 16.5 Å². The van der Waals surface area contributed by atoms with Gasteiger partial charge in [-0.2, -0.15) is 0 Å². The first kappa shape index (κ1) is 18.9. The molecule has 0 spiro atoms. The molecule has 136 valence electrons. The van der Waals surface area contributed by atoms with Crippen LogP contribution in [-0.4, -0.2) is 18.4 Å². The zero-order valence-corrected chi connectivity index (χ0v) is 15.9. The lowest BCUT2D eigenvalue weighted by atomic mass is 9.84. The van der Waals surface area contributed by atoms with E-state index in [9.17, 15) is 9.59 Å². The maximum atomic E-state index is 12.3. The standard InChI is InChI=1S/C21H20Cl2O3/c22-17-10-11-19(23)18(12-17)21(25)26-13-20(24)16-8-6-15(7-9-16)14-4-2-1-3-5-14/h6-12,14H,1-5,13H2. The van der Waals surface area contributed by atoms with Crippen LogP contribution in [0.1, 0.15) is 64.3 Å². The van der Waals surface area contributed by atoms with Crippen LogP contribution in [0.4, 0.5) is 0 Å². The van der Waals surface area contributed by atoms with E-state index >= 15 is 0 Å². The van der Waals surface area contributed by atoms with Gasteiger partial charge in [-0.15, -0.1) is 0 Å². The average Bonchev–Trinajstić information content (AvgIpc) is 2.68. The lowest BCUT2D eigenvalue weighted by Gasteiger charge is -2.22. The zero-order valence-electron chi connectivity index (χ0n) is 14.3. The number of rotatable bonds is 5. The molecule has 3 nitrogen and oxygen atoms in total. The Morgan fingerprint density at radius 1 is 0.962 bits per heavy atom. The van der Waals surface area contributed by atoms with Gasteiger partial charge >= 0.3 is 5.97 Å². The highest BCUT2D eigenvalue weighted by Crippen LogP contribution is 2.32. The smallest absolute Gasteiger partial charge is 0.340 e. The molecule has 0 N–H and O–H groups in total. The van der Waals surface area contributed by atoms with Crippen LogP contribution in [0.3, 0.4) is 0 Å². The van der Waals surface area contributed by atoms with Gasteiger partial charge in [0, 0.05) is 10.6 Å². The molecule has 1 fully saturated rings. The molecule has 1 aliphatic carbocycles. The van der Waals surface area contributed by atoms with Crippen molar-refractivity contribution < 1.29 is 14.3 Å². The SMILES string of the molecule is O=C(COC(=O)c1cc(Cl)ccc1Cl)c1ccc(C2CCCCC2)cc1. The number of Topliss-reactive ketones (excluding diaryl/α,β-unsaturated/α-hetero) is 1. The van der Waals surface area contributed by atoms with E-state index in [1.807, 2.05) is 24.3 Å². The van der Waals surface area contributed by atoms with Crippen molar-refractivity contribution in [3.05, 3.63) is 69.2 Å². The molecule has 0 amide bonds. The number of carbonyl (C=O) groups is 2. The Balaban J connectivity index is 1.59. The molecule has 1 saturated carbocycles. The molecule has 0 saturated heterocycles. The summed E-state index contributed by atoms with van der Waals surface area (Å²) in [6.07, 6.45) is 6.28. The summed E-state index contributed by atoms with van der Waals surface area (Å²) in [5.74, 6) is -0.313. The summed E-state index contributed by atoms with van der Waals surface area (Å²) in [5, 5.41) is 0.620. The molecule has 0 bridgehead atoms. The van der Waals surface area contributed by atoms with E-state index in [0.717, 1.165) is 0 Å². The van der Waals surface area contributed by atoms with Crippen LogP contribution in [0, 0.1) is 0 Å². The van der Waals surface area contributed by atoms with Crippen molar-refractivity contribution in [2.24, 2.45) is 0 Å². The first-order valence-electron chi connectivity index (χ1n) is 8.80. The first-order chi connectivity index (χ1) is 12.5. The topological polar surface area (TPSA) is 43.4 Å². The van der Waals surface area contributed by atoms with E-state index in [4.69, 9.17) is 27.9 Å². The highest BCUT2D eigenvalue weighted by atomic mass is 35.5. The molecule has 0 radical (unpaired) electrons. The Morgan fingerprint density at radius 2 is 1.65 bits per heavy atom. The summed E-state index contributed by atoms with van der Waals surface area (Å²) in [4.78, 5) is 24.4. The van der Waals surface area contributed by atoms with Gasteiger partial charge in [-0.25, -0.2) is 4.79 Å². The van der Waals surface area contributed by atoms with Gasteiger partial charge in [0.15, 0.2) is 12.4 Å². The summed E-state index contributed by atoms with van der Waals surface area (Å²) in [6.45, 7) is -0.329. The fraction of sp³-hybridized carbons (Fsp3) is 0.333. The quantitative estimate of drug-likeness (QED) is 0.458. The van der Waals surface area contributed by atoms with E-state index in [1.165, 1.54) is 49.8 Å². The largest absolute Gasteiger partial charge is 0.454 e. The monoisotopic (exact) mass is 390 g/mol. The molecule has 0 aliphatic heterocycles. The van der Waals surface area contributed by atoms with E-state index in [-0.39, 0.29) is 23.0 Å². The minimum Gasteiger partial charge on any atom is -0.454 e. The predicted octanol–water partition coefficient (Wildman–Crippen LogP) is 6.08. The number of carbonyl (C=O) groups excluding carboxylic acids is 2. The summed E-state index contributed by atoms with van der Waals surface area (Å²) >= 11 is 11.8. The van der Waals surface area contributed by atoms with Gasteiger partial charge in [-0.05, 0) is 42.5 Å². The maximum Gasteiger partial charge on any atom is 0.340 e. The highest BCUT2D eigenvalue weighted by Gasteiger charge is 2.17. The fourth-order valence-corrected chi connectivity index (χ4v) is 3.69. The Morgan fingerprint density at radius 3 is 2.35 bits per heavy atom. The highest BCUT2D eigenvalue weighted by molar-refractivity contribution is 6.35. The molecule has 26 heavy (non-hydrogen) atoms. The Labute approximate surface area is 163 Å². The van der Waals surface area contributed by atoms with Gasteiger partial charge in [0.1, 0.15) is 0 Å². The lowest BCUT2D eigenvalue weighted by Crippen LogP contribution is -2.15. The van der Waals surface area contributed by atoms with Crippen LogP contribution >= 0.6 is 23.2 Å². The van der Waals surface area contributed by atoms with Crippen molar-refractivity contribution in [2.75, 3.05) is 6.61 Å². The summed E-state index contributed by atoms with van der Waals surface area (Å²) in [5.41, 5.74) is 1.97. The Kier molecular flexibility index (Phi) is 6.33. The third-order valence-corrected chi connectivity index (χ3v) is 5.36. The molecular weight excluding hydrogens is 371 g/mol. The zero-order chi connectivity index (χ0) is 18.5. The van der Waals surface area contributed by atoms with Gasteiger partial charge in [-0.1, -0.05) is 66.7 Å². The molecule has 2 aromatic carbocycles. The van der Waals surface area contributed by atoms with E-state index < -0.39 is 5.97 Å². The lowest BCUT2D eigenvalue weighted by molar-refractivity contribution is 0.0475. The van der Waals surface area contributed by atoms with Crippen molar-refractivity contribution >= 4 is 35.0 Å². The molecule has 0 atom stereocenters. The molecule has 1 aliphatic rings. The van der Waals surface area contributed by atoms with Crippen molar-refractivity contribution in [3.63, 3.8) is 0 Å². The Hall–Kier alpha value is -1.84. The third kappa shape index (κ3) is 4.66. The molecule has 3 rings (SSSR count). The summed E-state index contributed by atoms with van der Waals surface area (Å²) in [6, 6.07) is 12.2. The van der Waals surface area contributed by atoms with Gasteiger partial charge in [0.25, 0.3) is 0 Å². The number of esters is 1. The normalized spacial score (nSPS) is 14.8. The van der Waals surface area contributed by atoms with Crippen molar-refractivity contribution in [1.29, 1.82) is 0 Å². The van der Waals surface area contributed by atoms with Gasteiger partial charge < -0.3 is 4.74 Å². The number of hydrogen-bond acceptors (Lipinski definition) is 3. The third-order valence-electron chi connectivity index (χ3n) is 4.79.